The Morgan fingerprint density at radius 2 is 1.83 bits per heavy atom. The summed E-state index contributed by atoms with van der Waals surface area (Å²) in [7, 11) is 1.58. The van der Waals surface area contributed by atoms with Crippen LogP contribution in [0.25, 0.3) is 0 Å². The molecule has 0 N–H and O–H groups in total. The number of likely N-dealkylation sites (tertiary alicyclic amines) is 1. The third kappa shape index (κ3) is 3.19. The summed E-state index contributed by atoms with van der Waals surface area (Å²) in [6, 6.07) is 6.94. The van der Waals surface area contributed by atoms with Gasteiger partial charge in [0.15, 0.2) is 0 Å². The van der Waals surface area contributed by atoms with E-state index in [0.717, 1.165) is 11.8 Å². The zero-order valence-electron chi connectivity index (χ0n) is 12.9. The van der Waals surface area contributed by atoms with Crippen molar-refractivity contribution in [2.75, 3.05) is 26.0 Å². The van der Waals surface area contributed by atoms with Crippen molar-refractivity contribution in [2.24, 2.45) is 0 Å². The molecule has 1 aromatic carbocycles. The first-order valence-corrected chi connectivity index (χ1v) is 8.51. The molecule has 0 saturated carbocycles. The molecule has 2 saturated heterocycles. The van der Waals surface area contributed by atoms with Crippen LogP contribution in [0.1, 0.15) is 23.2 Å². The molecule has 0 bridgehead atoms. The van der Waals surface area contributed by atoms with Gasteiger partial charge in [-0.3, -0.25) is 19.3 Å². The van der Waals surface area contributed by atoms with Gasteiger partial charge in [-0.05, 0) is 37.1 Å². The first-order chi connectivity index (χ1) is 11.1. The van der Waals surface area contributed by atoms with Gasteiger partial charge in [-0.25, -0.2) is 0 Å². The number of hydrogen-bond donors (Lipinski definition) is 0. The Morgan fingerprint density at radius 3 is 2.35 bits per heavy atom. The zero-order chi connectivity index (χ0) is 16.4. The van der Waals surface area contributed by atoms with Gasteiger partial charge < -0.3 is 9.64 Å². The van der Waals surface area contributed by atoms with Crippen LogP contribution >= 0.6 is 11.8 Å². The largest absolute Gasteiger partial charge is 0.497 e. The summed E-state index contributed by atoms with van der Waals surface area (Å²) in [6.07, 6.45) is 1.28. The van der Waals surface area contributed by atoms with Crippen LogP contribution < -0.4 is 4.74 Å². The van der Waals surface area contributed by atoms with Crippen LogP contribution in [0, 0.1) is 0 Å². The van der Waals surface area contributed by atoms with Crippen molar-refractivity contribution in [1.82, 2.24) is 9.80 Å². The quantitative estimate of drug-likeness (QED) is 0.846. The van der Waals surface area contributed by atoms with E-state index in [2.05, 4.69) is 0 Å². The number of ether oxygens (including phenoxy) is 1. The minimum atomic E-state index is -0.157. The number of piperidine rings is 1. The van der Waals surface area contributed by atoms with Gasteiger partial charge >= 0.3 is 0 Å². The van der Waals surface area contributed by atoms with Crippen molar-refractivity contribution >= 4 is 28.8 Å². The van der Waals surface area contributed by atoms with E-state index >= 15 is 0 Å². The molecule has 0 spiro atoms. The van der Waals surface area contributed by atoms with E-state index < -0.39 is 0 Å². The van der Waals surface area contributed by atoms with Crippen LogP contribution in [-0.4, -0.2) is 58.8 Å². The number of nitrogens with zero attached hydrogens (tertiary/aromatic N) is 2. The van der Waals surface area contributed by atoms with E-state index in [0.29, 0.717) is 37.2 Å². The summed E-state index contributed by atoms with van der Waals surface area (Å²) < 4.78 is 5.09. The predicted octanol–water partition coefficient (Wildman–Crippen LogP) is 2.00. The lowest BCUT2D eigenvalue weighted by Gasteiger charge is -2.35. The number of amides is 3. The Kier molecular flexibility index (Phi) is 4.56. The number of hydrogen-bond acceptors (Lipinski definition) is 5. The minimum absolute atomic E-state index is 0.0282. The standard InChI is InChI=1S/C16H18N2O4S/c1-22-13-4-2-11(3-5-13)15(20)17-8-6-12(7-9-17)18-14(19)10-23-16(18)21/h2-5,12H,6-10H2,1H3. The Balaban J connectivity index is 1.60. The number of imide groups is 1. The van der Waals surface area contributed by atoms with Crippen molar-refractivity contribution in [3.8, 4) is 5.75 Å². The van der Waals surface area contributed by atoms with Gasteiger partial charge in [0.2, 0.25) is 5.91 Å². The maximum Gasteiger partial charge on any atom is 0.289 e. The normalized spacial score (nSPS) is 19.3. The molecule has 0 radical (unpaired) electrons. The highest BCUT2D eigenvalue weighted by Crippen LogP contribution is 2.27. The highest BCUT2D eigenvalue weighted by molar-refractivity contribution is 8.14. The number of methoxy groups -OCH3 is 1. The Morgan fingerprint density at radius 1 is 1.17 bits per heavy atom. The predicted molar refractivity (Wildman–Crippen MR) is 86.6 cm³/mol. The molecule has 2 fully saturated rings. The van der Waals surface area contributed by atoms with Crippen LogP contribution in [0.15, 0.2) is 24.3 Å². The maximum absolute atomic E-state index is 12.5. The third-order valence-electron chi connectivity index (χ3n) is 4.24. The summed E-state index contributed by atoms with van der Waals surface area (Å²) in [6.45, 7) is 1.11. The van der Waals surface area contributed by atoms with E-state index in [-0.39, 0.29) is 28.8 Å². The Labute approximate surface area is 138 Å². The summed E-state index contributed by atoms with van der Waals surface area (Å²) >= 11 is 1.06. The van der Waals surface area contributed by atoms with Gasteiger partial charge in [-0.15, -0.1) is 0 Å². The van der Waals surface area contributed by atoms with Crippen molar-refractivity contribution in [3.05, 3.63) is 29.8 Å². The third-order valence-corrected chi connectivity index (χ3v) is 5.07. The van der Waals surface area contributed by atoms with Gasteiger partial charge in [-0.1, -0.05) is 11.8 Å². The monoisotopic (exact) mass is 334 g/mol. The number of carbonyl (C=O) groups excluding carboxylic acids is 3. The van der Waals surface area contributed by atoms with E-state index in [4.69, 9.17) is 4.74 Å². The van der Waals surface area contributed by atoms with Gasteiger partial charge in [-0.2, -0.15) is 0 Å². The maximum atomic E-state index is 12.5. The number of benzene rings is 1. The fourth-order valence-electron chi connectivity index (χ4n) is 2.96. The van der Waals surface area contributed by atoms with Crippen molar-refractivity contribution in [3.63, 3.8) is 0 Å². The fourth-order valence-corrected chi connectivity index (χ4v) is 3.74. The molecule has 2 aliphatic heterocycles. The lowest BCUT2D eigenvalue weighted by molar-refractivity contribution is -0.126. The zero-order valence-corrected chi connectivity index (χ0v) is 13.7. The Bertz CT molecular complexity index is 607. The average molecular weight is 334 g/mol. The molecule has 0 atom stereocenters. The van der Waals surface area contributed by atoms with Crippen LogP contribution in [0.5, 0.6) is 5.75 Å². The van der Waals surface area contributed by atoms with E-state index in [1.807, 2.05) is 0 Å². The lowest BCUT2D eigenvalue weighted by atomic mass is 10.0. The lowest BCUT2D eigenvalue weighted by Crippen LogP contribution is -2.48. The molecule has 2 aliphatic rings. The Hall–Kier alpha value is -2.02. The minimum Gasteiger partial charge on any atom is -0.497 e. The molecule has 122 valence electrons. The summed E-state index contributed by atoms with van der Waals surface area (Å²) in [5.41, 5.74) is 0.619. The molecular weight excluding hydrogens is 316 g/mol. The van der Waals surface area contributed by atoms with Gasteiger partial charge in [0, 0.05) is 24.7 Å². The molecule has 0 aromatic heterocycles. The second-order valence-corrected chi connectivity index (χ2v) is 6.50. The highest BCUT2D eigenvalue weighted by Gasteiger charge is 2.37. The summed E-state index contributed by atoms with van der Waals surface area (Å²) in [5.74, 6) is 0.812. The number of rotatable bonds is 3. The first kappa shape index (κ1) is 15.9. The topological polar surface area (TPSA) is 66.9 Å². The molecule has 3 rings (SSSR count). The molecule has 2 heterocycles. The van der Waals surface area contributed by atoms with Gasteiger partial charge in [0.05, 0.1) is 12.9 Å². The highest BCUT2D eigenvalue weighted by atomic mass is 32.2. The van der Waals surface area contributed by atoms with Crippen LogP contribution in [-0.2, 0) is 4.79 Å². The van der Waals surface area contributed by atoms with Crippen LogP contribution in [0.3, 0.4) is 0 Å². The van der Waals surface area contributed by atoms with Crippen molar-refractivity contribution in [1.29, 1.82) is 0 Å². The first-order valence-electron chi connectivity index (χ1n) is 7.52. The SMILES string of the molecule is COc1ccc(C(=O)N2CCC(N3C(=O)CSC3=O)CC2)cc1. The molecule has 0 unspecified atom stereocenters. The number of thioether (sulfide) groups is 1. The smallest absolute Gasteiger partial charge is 0.289 e. The molecular formula is C16H18N2O4S. The van der Waals surface area contributed by atoms with E-state index in [9.17, 15) is 14.4 Å². The molecule has 3 amide bonds. The summed E-state index contributed by atoms with van der Waals surface area (Å²) in [5, 5.41) is -0.157. The van der Waals surface area contributed by atoms with E-state index in [1.165, 1.54) is 4.90 Å². The average Bonchev–Trinajstić information content (AvgIpc) is 2.93. The molecule has 1 aromatic rings. The molecule has 0 aliphatic carbocycles. The van der Waals surface area contributed by atoms with E-state index in [1.54, 1.807) is 36.3 Å². The van der Waals surface area contributed by atoms with Crippen molar-refractivity contribution < 1.29 is 19.1 Å². The molecule has 23 heavy (non-hydrogen) atoms. The second-order valence-electron chi connectivity index (χ2n) is 5.57. The van der Waals surface area contributed by atoms with Crippen LogP contribution in [0.4, 0.5) is 4.79 Å². The van der Waals surface area contributed by atoms with Crippen LogP contribution in [0.2, 0.25) is 0 Å². The fraction of sp³-hybridized carbons (Fsp3) is 0.438. The molecule has 6 nitrogen and oxygen atoms in total. The molecule has 7 heteroatoms. The van der Waals surface area contributed by atoms with Gasteiger partial charge in [0.25, 0.3) is 11.1 Å². The van der Waals surface area contributed by atoms with Crippen molar-refractivity contribution in [2.45, 2.75) is 18.9 Å². The second kappa shape index (κ2) is 6.62. The number of carbonyl (C=O) groups is 3. The van der Waals surface area contributed by atoms with Gasteiger partial charge in [0.1, 0.15) is 5.75 Å². The summed E-state index contributed by atoms with van der Waals surface area (Å²) in [4.78, 5) is 39.2.